The zero-order valence-corrected chi connectivity index (χ0v) is 22.6. The molecule has 2 aromatic carbocycles. The van der Waals surface area contributed by atoms with Crippen molar-refractivity contribution in [1.82, 2.24) is 24.3 Å². The van der Waals surface area contributed by atoms with Gasteiger partial charge in [0.15, 0.2) is 0 Å². The molecular weight excluding hydrogens is 487 g/mol. The number of benzene rings is 2. The van der Waals surface area contributed by atoms with Gasteiger partial charge in [-0.1, -0.05) is 13.3 Å². The Hall–Kier alpha value is -4.21. The SMILES string of the molecule is CCCCc1nc(C)cn1-c1ccc(NC(=O)c2nc(Oc3ccc(F)cc3C)n(C(C)C)n2)cc1OC. The van der Waals surface area contributed by atoms with Crippen LogP contribution in [-0.2, 0) is 6.42 Å². The maximum Gasteiger partial charge on any atom is 0.321 e. The molecule has 0 atom stereocenters. The molecule has 0 saturated heterocycles. The number of aryl methyl sites for hydroxylation is 3. The predicted molar refractivity (Wildman–Crippen MR) is 143 cm³/mol. The number of rotatable bonds is 10. The average molecular weight is 521 g/mol. The van der Waals surface area contributed by atoms with Gasteiger partial charge in [-0.2, -0.15) is 4.98 Å². The number of hydrogen-bond acceptors (Lipinski definition) is 6. The van der Waals surface area contributed by atoms with Gasteiger partial charge >= 0.3 is 6.01 Å². The average Bonchev–Trinajstić information content (AvgIpc) is 3.47. The number of anilines is 1. The molecule has 38 heavy (non-hydrogen) atoms. The van der Waals surface area contributed by atoms with E-state index in [2.05, 4.69) is 27.3 Å². The van der Waals surface area contributed by atoms with E-state index in [0.717, 1.165) is 36.5 Å². The summed E-state index contributed by atoms with van der Waals surface area (Å²) < 4.78 is 28.6. The van der Waals surface area contributed by atoms with Crippen molar-refractivity contribution in [1.29, 1.82) is 0 Å². The summed E-state index contributed by atoms with van der Waals surface area (Å²) in [7, 11) is 1.59. The number of imidazole rings is 1. The summed E-state index contributed by atoms with van der Waals surface area (Å²) in [5, 5.41) is 7.19. The number of nitrogens with zero attached hydrogens (tertiary/aromatic N) is 5. The lowest BCUT2D eigenvalue weighted by Gasteiger charge is -2.14. The monoisotopic (exact) mass is 520 g/mol. The number of halogens is 1. The third-order valence-electron chi connectivity index (χ3n) is 5.98. The van der Waals surface area contributed by atoms with E-state index in [1.165, 1.54) is 22.9 Å². The summed E-state index contributed by atoms with van der Waals surface area (Å²) in [6.45, 7) is 9.65. The Morgan fingerprint density at radius 2 is 1.89 bits per heavy atom. The summed E-state index contributed by atoms with van der Waals surface area (Å²) in [5.41, 5.74) is 2.90. The van der Waals surface area contributed by atoms with Crippen molar-refractivity contribution in [3.63, 3.8) is 0 Å². The minimum absolute atomic E-state index is 0.0522. The Labute approximate surface area is 221 Å². The second-order valence-electron chi connectivity index (χ2n) is 9.38. The molecule has 2 aromatic heterocycles. The maximum atomic E-state index is 13.5. The molecule has 2 heterocycles. The molecule has 0 radical (unpaired) electrons. The highest BCUT2D eigenvalue weighted by Crippen LogP contribution is 2.30. The largest absolute Gasteiger partial charge is 0.494 e. The van der Waals surface area contributed by atoms with E-state index in [4.69, 9.17) is 9.47 Å². The van der Waals surface area contributed by atoms with E-state index in [1.54, 1.807) is 26.2 Å². The molecule has 4 rings (SSSR count). The van der Waals surface area contributed by atoms with Gasteiger partial charge in [0.2, 0.25) is 5.82 Å². The van der Waals surface area contributed by atoms with Crippen LogP contribution in [0.1, 0.15) is 67.4 Å². The van der Waals surface area contributed by atoms with Crippen molar-refractivity contribution in [3.05, 3.63) is 71.3 Å². The number of methoxy groups -OCH3 is 1. The molecule has 0 saturated carbocycles. The fourth-order valence-electron chi connectivity index (χ4n) is 4.05. The highest BCUT2D eigenvalue weighted by atomic mass is 19.1. The minimum atomic E-state index is -0.498. The number of carbonyl (C=O) groups is 1. The highest BCUT2D eigenvalue weighted by Gasteiger charge is 2.21. The first-order valence-electron chi connectivity index (χ1n) is 12.6. The Kier molecular flexibility index (Phi) is 8.09. The van der Waals surface area contributed by atoms with Crippen LogP contribution < -0.4 is 14.8 Å². The van der Waals surface area contributed by atoms with Gasteiger partial charge in [0.25, 0.3) is 5.91 Å². The summed E-state index contributed by atoms with van der Waals surface area (Å²) in [6, 6.07) is 9.65. The van der Waals surface area contributed by atoms with Crippen molar-refractivity contribution in [2.24, 2.45) is 0 Å². The maximum absolute atomic E-state index is 13.5. The van der Waals surface area contributed by atoms with E-state index in [0.29, 0.717) is 22.7 Å². The van der Waals surface area contributed by atoms with Gasteiger partial charge in [0.05, 0.1) is 24.5 Å². The number of nitrogens with one attached hydrogen (secondary N) is 1. The number of ether oxygens (including phenoxy) is 2. The minimum Gasteiger partial charge on any atom is -0.494 e. The second kappa shape index (κ2) is 11.5. The smallest absolute Gasteiger partial charge is 0.321 e. The first-order chi connectivity index (χ1) is 18.2. The Morgan fingerprint density at radius 1 is 1.11 bits per heavy atom. The van der Waals surface area contributed by atoms with Gasteiger partial charge in [-0.25, -0.2) is 14.1 Å². The summed E-state index contributed by atoms with van der Waals surface area (Å²) in [6.07, 6.45) is 4.95. The molecule has 0 unspecified atom stereocenters. The first-order valence-corrected chi connectivity index (χ1v) is 12.6. The fourth-order valence-corrected chi connectivity index (χ4v) is 4.05. The molecule has 1 N–H and O–H groups in total. The van der Waals surface area contributed by atoms with Crippen molar-refractivity contribution in [2.75, 3.05) is 12.4 Å². The van der Waals surface area contributed by atoms with Gasteiger partial charge in [0, 0.05) is 24.4 Å². The lowest BCUT2D eigenvalue weighted by molar-refractivity contribution is 0.101. The lowest BCUT2D eigenvalue weighted by atomic mass is 10.2. The molecule has 0 aliphatic rings. The molecule has 0 aliphatic carbocycles. The summed E-state index contributed by atoms with van der Waals surface area (Å²) >= 11 is 0. The highest BCUT2D eigenvalue weighted by molar-refractivity contribution is 6.01. The predicted octanol–water partition coefficient (Wildman–Crippen LogP) is 6.20. The van der Waals surface area contributed by atoms with Crippen LogP contribution in [-0.4, -0.2) is 37.3 Å². The molecule has 9 nitrogen and oxygen atoms in total. The van der Waals surface area contributed by atoms with Crippen LogP contribution in [0.3, 0.4) is 0 Å². The molecule has 0 spiro atoms. The summed E-state index contributed by atoms with van der Waals surface area (Å²) in [4.78, 5) is 22.1. The van der Waals surface area contributed by atoms with Gasteiger partial charge in [-0.15, -0.1) is 5.10 Å². The molecule has 1 amide bonds. The van der Waals surface area contributed by atoms with E-state index >= 15 is 0 Å². The van der Waals surface area contributed by atoms with Crippen LogP contribution in [0.4, 0.5) is 10.1 Å². The number of amides is 1. The Balaban J connectivity index is 1.58. The van der Waals surface area contributed by atoms with Crippen molar-refractivity contribution in [3.8, 4) is 23.2 Å². The van der Waals surface area contributed by atoms with Crippen LogP contribution >= 0.6 is 0 Å². The third-order valence-corrected chi connectivity index (χ3v) is 5.98. The Bertz CT molecular complexity index is 1440. The summed E-state index contributed by atoms with van der Waals surface area (Å²) in [5.74, 6) is 1.08. The molecular formula is C28H33FN6O3. The number of hydrogen-bond donors (Lipinski definition) is 1. The third kappa shape index (κ3) is 5.85. The van der Waals surface area contributed by atoms with Crippen LogP contribution in [0.15, 0.2) is 42.6 Å². The topological polar surface area (TPSA) is 96.1 Å². The number of aromatic nitrogens is 5. The van der Waals surface area contributed by atoms with Gasteiger partial charge in [0.1, 0.15) is 23.1 Å². The molecule has 10 heteroatoms. The fraction of sp³-hybridized carbons (Fsp3) is 0.357. The Morgan fingerprint density at radius 3 is 2.58 bits per heavy atom. The normalized spacial score (nSPS) is 11.2. The standard InChI is InChI=1S/C28H33FN6O3/c1-7-8-9-25-30-19(5)16-34(25)22-12-11-21(15-24(22)37-6)31-27(36)26-32-28(35(33-26)17(2)3)38-23-13-10-20(29)14-18(23)4/h10-17H,7-9H2,1-6H3,(H,31,36). The van der Waals surface area contributed by atoms with Crippen molar-refractivity contribution >= 4 is 11.6 Å². The molecule has 200 valence electrons. The van der Waals surface area contributed by atoms with E-state index < -0.39 is 5.91 Å². The van der Waals surface area contributed by atoms with E-state index in [-0.39, 0.29) is 23.7 Å². The first kappa shape index (κ1) is 26.8. The lowest BCUT2D eigenvalue weighted by Crippen LogP contribution is -2.15. The molecule has 0 aliphatic heterocycles. The van der Waals surface area contributed by atoms with Crippen molar-refractivity contribution in [2.45, 2.75) is 59.9 Å². The molecule has 0 fully saturated rings. The number of unbranched alkanes of at least 4 members (excludes halogenated alkanes) is 1. The van der Waals surface area contributed by atoms with Gasteiger partial charge in [-0.3, -0.25) is 9.36 Å². The zero-order chi connectivity index (χ0) is 27.4. The van der Waals surface area contributed by atoms with Gasteiger partial charge < -0.3 is 14.8 Å². The van der Waals surface area contributed by atoms with Crippen LogP contribution in [0.5, 0.6) is 17.5 Å². The van der Waals surface area contributed by atoms with Crippen molar-refractivity contribution < 1.29 is 18.7 Å². The second-order valence-corrected chi connectivity index (χ2v) is 9.38. The van der Waals surface area contributed by atoms with Crippen LogP contribution in [0, 0.1) is 19.7 Å². The quantitative estimate of drug-likeness (QED) is 0.268. The molecule has 0 bridgehead atoms. The van der Waals surface area contributed by atoms with Crippen LogP contribution in [0.2, 0.25) is 0 Å². The number of carbonyl (C=O) groups excluding carboxylic acids is 1. The van der Waals surface area contributed by atoms with E-state index in [1.807, 2.05) is 37.6 Å². The molecule has 4 aromatic rings. The van der Waals surface area contributed by atoms with E-state index in [9.17, 15) is 9.18 Å². The zero-order valence-electron chi connectivity index (χ0n) is 22.6. The van der Waals surface area contributed by atoms with Crippen LogP contribution in [0.25, 0.3) is 5.69 Å². The van der Waals surface area contributed by atoms with Gasteiger partial charge in [-0.05, 0) is 70.0 Å².